The summed E-state index contributed by atoms with van der Waals surface area (Å²) < 4.78 is 0. The molecule has 0 aliphatic rings. The van der Waals surface area contributed by atoms with Crippen LogP contribution in [-0.2, 0) is 11.2 Å². The Kier molecular flexibility index (Phi) is 4.27. The zero-order valence-electron chi connectivity index (χ0n) is 9.36. The third-order valence-corrected chi connectivity index (χ3v) is 3.24. The number of nitrogens with zero attached hydrogens (tertiary/aromatic N) is 1. The van der Waals surface area contributed by atoms with E-state index in [0.29, 0.717) is 12.3 Å². The maximum atomic E-state index is 11.1. The van der Waals surface area contributed by atoms with Gasteiger partial charge in [-0.1, -0.05) is 20.8 Å². The Balaban J connectivity index is 2.83. The molecule has 0 radical (unpaired) electrons. The summed E-state index contributed by atoms with van der Waals surface area (Å²) in [4.78, 5) is 15.4. The first kappa shape index (κ1) is 12.2. The highest BCUT2D eigenvalue weighted by Gasteiger charge is 2.23. The molecule has 0 saturated carbocycles. The zero-order valence-corrected chi connectivity index (χ0v) is 10.2. The molecule has 0 aromatic carbocycles. The SMILES string of the molecule is CCc1csc(C(CC(C)C)C(=O)O)n1. The second kappa shape index (κ2) is 5.26. The third-order valence-electron chi connectivity index (χ3n) is 2.24. The molecule has 1 N–H and O–H groups in total. The van der Waals surface area contributed by atoms with Crippen molar-refractivity contribution >= 4 is 17.3 Å². The molecule has 0 aliphatic carbocycles. The lowest BCUT2D eigenvalue weighted by atomic mass is 9.98. The van der Waals surface area contributed by atoms with Gasteiger partial charge in [0.2, 0.25) is 0 Å². The largest absolute Gasteiger partial charge is 0.481 e. The van der Waals surface area contributed by atoms with Gasteiger partial charge in [0, 0.05) is 5.38 Å². The van der Waals surface area contributed by atoms with E-state index in [2.05, 4.69) is 4.98 Å². The monoisotopic (exact) mass is 227 g/mol. The first-order valence-corrected chi connectivity index (χ1v) is 6.09. The Labute approximate surface area is 94.2 Å². The van der Waals surface area contributed by atoms with Gasteiger partial charge in [0.05, 0.1) is 5.69 Å². The fourth-order valence-corrected chi connectivity index (χ4v) is 2.43. The van der Waals surface area contributed by atoms with E-state index in [0.717, 1.165) is 17.1 Å². The van der Waals surface area contributed by atoms with Crippen molar-refractivity contribution in [3.05, 3.63) is 16.1 Å². The van der Waals surface area contributed by atoms with Gasteiger partial charge in [-0.15, -0.1) is 11.3 Å². The standard InChI is InChI=1S/C11H17NO2S/c1-4-8-6-15-10(12-8)9(11(13)14)5-7(2)3/h6-7,9H,4-5H2,1-3H3,(H,13,14). The summed E-state index contributed by atoms with van der Waals surface area (Å²) in [5, 5.41) is 11.8. The second-order valence-electron chi connectivity index (χ2n) is 4.05. The van der Waals surface area contributed by atoms with Crippen molar-refractivity contribution in [3.8, 4) is 0 Å². The van der Waals surface area contributed by atoms with Crippen molar-refractivity contribution in [1.29, 1.82) is 0 Å². The third kappa shape index (κ3) is 3.30. The van der Waals surface area contributed by atoms with Crippen LogP contribution in [0.15, 0.2) is 5.38 Å². The average molecular weight is 227 g/mol. The average Bonchev–Trinajstić information content (AvgIpc) is 2.61. The lowest BCUT2D eigenvalue weighted by Gasteiger charge is -2.11. The van der Waals surface area contributed by atoms with Crippen molar-refractivity contribution < 1.29 is 9.90 Å². The fourth-order valence-electron chi connectivity index (χ4n) is 1.42. The van der Waals surface area contributed by atoms with Crippen molar-refractivity contribution in [2.24, 2.45) is 5.92 Å². The number of aliphatic carboxylic acids is 1. The highest BCUT2D eigenvalue weighted by molar-refractivity contribution is 7.09. The van der Waals surface area contributed by atoms with Crippen molar-refractivity contribution in [2.75, 3.05) is 0 Å². The molecule has 1 unspecified atom stereocenters. The molecule has 1 aromatic heterocycles. The van der Waals surface area contributed by atoms with Crippen LogP contribution in [0.3, 0.4) is 0 Å². The molecular weight excluding hydrogens is 210 g/mol. The summed E-state index contributed by atoms with van der Waals surface area (Å²) in [7, 11) is 0. The van der Waals surface area contributed by atoms with Crippen LogP contribution in [0.25, 0.3) is 0 Å². The predicted octanol–water partition coefficient (Wildman–Crippen LogP) is 2.92. The van der Waals surface area contributed by atoms with Crippen LogP contribution in [-0.4, -0.2) is 16.1 Å². The quantitative estimate of drug-likeness (QED) is 0.841. The van der Waals surface area contributed by atoms with Gasteiger partial charge in [-0.2, -0.15) is 0 Å². The summed E-state index contributed by atoms with van der Waals surface area (Å²) in [6.45, 7) is 6.09. The minimum atomic E-state index is -0.763. The second-order valence-corrected chi connectivity index (χ2v) is 4.94. The number of hydrogen-bond donors (Lipinski definition) is 1. The highest BCUT2D eigenvalue weighted by Crippen LogP contribution is 2.27. The number of rotatable bonds is 5. The summed E-state index contributed by atoms with van der Waals surface area (Å²) in [6, 6.07) is 0. The van der Waals surface area contributed by atoms with Crippen molar-refractivity contribution in [1.82, 2.24) is 4.98 Å². The van der Waals surface area contributed by atoms with E-state index < -0.39 is 11.9 Å². The summed E-state index contributed by atoms with van der Waals surface area (Å²) in [6.07, 6.45) is 1.52. The molecule has 0 saturated heterocycles. The summed E-state index contributed by atoms with van der Waals surface area (Å²) in [5.41, 5.74) is 0.991. The molecule has 0 amide bonds. The maximum Gasteiger partial charge on any atom is 0.313 e. The number of aryl methyl sites for hydroxylation is 1. The minimum Gasteiger partial charge on any atom is -0.481 e. The first-order valence-electron chi connectivity index (χ1n) is 5.21. The summed E-state index contributed by atoms with van der Waals surface area (Å²) >= 11 is 1.46. The van der Waals surface area contributed by atoms with Gasteiger partial charge >= 0.3 is 5.97 Å². The minimum absolute atomic E-state index is 0.375. The van der Waals surface area contributed by atoms with Gasteiger partial charge in [-0.25, -0.2) is 4.98 Å². The van der Waals surface area contributed by atoms with Gasteiger partial charge in [0.15, 0.2) is 0 Å². The Morgan fingerprint density at radius 2 is 2.27 bits per heavy atom. The Morgan fingerprint density at radius 3 is 2.67 bits per heavy atom. The number of carboxylic acids is 1. The Hall–Kier alpha value is -0.900. The molecule has 4 heteroatoms. The zero-order chi connectivity index (χ0) is 11.4. The number of thiazole rings is 1. The van der Waals surface area contributed by atoms with E-state index in [4.69, 9.17) is 5.11 Å². The molecule has 15 heavy (non-hydrogen) atoms. The molecule has 0 bridgehead atoms. The molecule has 0 aliphatic heterocycles. The van der Waals surface area contributed by atoms with E-state index >= 15 is 0 Å². The molecule has 1 atom stereocenters. The van der Waals surface area contributed by atoms with Crippen molar-refractivity contribution in [2.45, 2.75) is 39.5 Å². The van der Waals surface area contributed by atoms with Crippen LogP contribution in [0.1, 0.15) is 43.8 Å². The molecule has 0 fully saturated rings. The molecule has 0 spiro atoms. The lowest BCUT2D eigenvalue weighted by molar-refractivity contribution is -0.139. The van der Waals surface area contributed by atoms with E-state index in [1.54, 1.807) is 0 Å². The Bertz CT molecular complexity index is 333. The van der Waals surface area contributed by atoms with Crippen LogP contribution < -0.4 is 0 Å². The molecule has 1 heterocycles. The van der Waals surface area contributed by atoms with E-state index in [-0.39, 0.29) is 0 Å². The van der Waals surface area contributed by atoms with E-state index in [9.17, 15) is 4.79 Å². The van der Waals surface area contributed by atoms with Crippen LogP contribution in [0, 0.1) is 5.92 Å². The Morgan fingerprint density at radius 1 is 1.60 bits per heavy atom. The van der Waals surface area contributed by atoms with E-state index in [1.165, 1.54) is 11.3 Å². The van der Waals surface area contributed by atoms with E-state index in [1.807, 2.05) is 26.2 Å². The molecule has 1 rings (SSSR count). The van der Waals surface area contributed by atoms with Gasteiger partial charge in [0.25, 0.3) is 0 Å². The molecule has 3 nitrogen and oxygen atoms in total. The van der Waals surface area contributed by atoms with Crippen LogP contribution in [0.2, 0.25) is 0 Å². The van der Waals surface area contributed by atoms with Gasteiger partial charge in [-0.3, -0.25) is 4.79 Å². The summed E-state index contributed by atoms with van der Waals surface area (Å²) in [5.74, 6) is -0.823. The lowest BCUT2D eigenvalue weighted by Crippen LogP contribution is -2.13. The van der Waals surface area contributed by atoms with Gasteiger partial charge < -0.3 is 5.11 Å². The smallest absolute Gasteiger partial charge is 0.313 e. The number of carboxylic acid groups (broad SMARTS) is 1. The first-order chi connectivity index (χ1) is 7.04. The maximum absolute atomic E-state index is 11.1. The normalized spacial score (nSPS) is 13.1. The topological polar surface area (TPSA) is 50.2 Å². The highest BCUT2D eigenvalue weighted by atomic mass is 32.1. The fraction of sp³-hybridized carbons (Fsp3) is 0.636. The van der Waals surface area contributed by atoms with Crippen LogP contribution >= 0.6 is 11.3 Å². The van der Waals surface area contributed by atoms with Crippen LogP contribution in [0.4, 0.5) is 0 Å². The predicted molar refractivity (Wildman–Crippen MR) is 61.3 cm³/mol. The van der Waals surface area contributed by atoms with Gasteiger partial charge in [0.1, 0.15) is 10.9 Å². The number of hydrogen-bond acceptors (Lipinski definition) is 3. The molecular formula is C11H17NO2S. The van der Waals surface area contributed by atoms with Crippen molar-refractivity contribution in [3.63, 3.8) is 0 Å². The molecule has 1 aromatic rings. The van der Waals surface area contributed by atoms with Crippen LogP contribution in [0.5, 0.6) is 0 Å². The van der Waals surface area contributed by atoms with Gasteiger partial charge in [-0.05, 0) is 18.8 Å². The number of carbonyl (C=O) groups is 1. The number of aromatic nitrogens is 1. The molecule has 84 valence electrons.